The van der Waals surface area contributed by atoms with Crippen molar-refractivity contribution in [3.05, 3.63) is 95.9 Å². The summed E-state index contributed by atoms with van der Waals surface area (Å²) in [7, 11) is 0. The van der Waals surface area contributed by atoms with E-state index in [9.17, 15) is 0 Å². The molecule has 1 atom stereocenters. The molecule has 2 heterocycles. The molecule has 0 aliphatic heterocycles. The van der Waals surface area contributed by atoms with Gasteiger partial charge in [0.1, 0.15) is 0 Å². The summed E-state index contributed by atoms with van der Waals surface area (Å²) in [4.78, 5) is 4.08. The van der Waals surface area contributed by atoms with Gasteiger partial charge in [0.2, 0.25) is 0 Å². The zero-order valence-electron chi connectivity index (χ0n) is 15.4. The number of hydrogen-bond donors (Lipinski definition) is 1. The number of benzene rings is 2. The molecule has 2 aromatic heterocycles. The number of rotatable bonds is 5. The van der Waals surface area contributed by atoms with Crippen molar-refractivity contribution in [2.45, 2.75) is 19.4 Å². The average molecular weight is 413 g/mol. The topological polar surface area (TPSA) is 50.7 Å². The van der Waals surface area contributed by atoms with Crippen LogP contribution in [0.5, 0.6) is 0 Å². The van der Waals surface area contributed by atoms with Crippen LogP contribution in [0.15, 0.2) is 79.1 Å². The Hall–Kier alpha value is -2.69. The molecule has 1 N–H and O–H groups in total. The van der Waals surface area contributed by atoms with Gasteiger partial charge in [-0.25, -0.2) is 0 Å². The fraction of sp³-hybridized carbons (Fsp3) is 0.136. The van der Waals surface area contributed by atoms with E-state index in [1.807, 2.05) is 42.7 Å². The smallest absolute Gasteiger partial charge is 0.157 e. The minimum Gasteiger partial charge on any atom is -0.362 e. The van der Waals surface area contributed by atoms with Gasteiger partial charge in [0, 0.05) is 29.6 Å². The third-order valence-electron chi connectivity index (χ3n) is 4.54. The van der Waals surface area contributed by atoms with E-state index in [-0.39, 0.29) is 30.9 Å². The summed E-state index contributed by atoms with van der Waals surface area (Å²) >= 11 is 0. The Morgan fingerprint density at radius 2 is 1.43 bits per heavy atom. The average Bonchev–Trinajstić information content (AvgIpc) is 2.71. The fourth-order valence-corrected chi connectivity index (χ4v) is 3.12. The van der Waals surface area contributed by atoms with E-state index in [1.165, 1.54) is 11.1 Å². The second-order valence-electron chi connectivity index (χ2n) is 6.35. The summed E-state index contributed by atoms with van der Waals surface area (Å²) in [6.07, 6.45) is 4.36. The molecule has 0 fully saturated rings. The van der Waals surface area contributed by atoms with E-state index in [0.29, 0.717) is 0 Å². The first-order chi connectivity index (χ1) is 12.8. The van der Waals surface area contributed by atoms with Crippen molar-refractivity contribution < 1.29 is 0 Å². The van der Waals surface area contributed by atoms with Crippen LogP contribution < -0.4 is 5.32 Å². The quantitative estimate of drug-likeness (QED) is 0.461. The molecule has 0 aliphatic carbocycles. The Balaban J connectivity index is 0.00000140. The van der Waals surface area contributed by atoms with Crippen LogP contribution in [0.2, 0.25) is 0 Å². The number of halogens is 2. The number of fused-ring (bicyclic) bond motifs is 1. The lowest BCUT2D eigenvalue weighted by Gasteiger charge is -2.17. The van der Waals surface area contributed by atoms with Crippen molar-refractivity contribution in [3.63, 3.8) is 0 Å². The van der Waals surface area contributed by atoms with E-state index in [4.69, 9.17) is 0 Å². The molecule has 0 amide bonds. The van der Waals surface area contributed by atoms with E-state index in [2.05, 4.69) is 63.8 Å². The summed E-state index contributed by atoms with van der Waals surface area (Å²) in [5.74, 6) is 0.815. The monoisotopic (exact) mass is 412 g/mol. The molecule has 2 aromatic carbocycles. The molecule has 4 rings (SSSR count). The highest BCUT2D eigenvalue weighted by atomic mass is 35.5. The number of hydrogen-bond acceptors (Lipinski definition) is 4. The standard InChI is InChI=1S/C22H20N4.2ClH/c1-16(18-7-3-2-4-8-18)24-22-20-10-6-5-9-19(20)21(25-26-22)15-17-11-13-23-14-12-17;;/h2-14,16H,15H2,1H3,(H,24,26);2*1H/t16-;;/m1../s1. The molecule has 28 heavy (non-hydrogen) atoms. The second-order valence-corrected chi connectivity index (χ2v) is 6.35. The third kappa shape index (κ3) is 4.77. The Bertz CT molecular complexity index is 1010. The maximum atomic E-state index is 4.52. The van der Waals surface area contributed by atoms with Crippen LogP contribution in [0.1, 0.15) is 29.8 Å². The lowest BCUT2D eigenvalue weighted by molar-refractivity contribution is 0.857. The van der Waals surface area contributed by atoms with Gasteiger partial charge >= 0.3 is 0 Å². The Kier molecular flexibility index (Phi) is 7.73. The van der Waals surface area contributed by atoms with Crippen molar-refractivity contribution >= 4 is 41.4 Å². The van der Waals surface area contributed by atoms with Gasteiger partial charge in [-0.1, -0.05) is 54.6 Å². The summed E-state index contributed by atoms with van der Waals surface area (Å²) in [6.45, 7) is 2.14. The summed E-state index contributed by atoms with van der Waals surface area (Å²) in [5.41, 5.74) is 3.38. The van der Waals surface area contributed by atoms with Crippen molar-refractivity contribution in [1.29, 1.82) is 0 Å². The molecule has 6 heteroatoms. The predicted octanol–water partition coefficient (Wildman–Crippen LogP) is 5.63. The molecular formula is C22H22Cl2N4. The summed E-state index contributed by atoms with van der Waals surface area (Å²) in [5, 5.41) is 14.7. The van der Waals surface area contributed by atoms with Crippen molar-refractivity contribution in [2.24, 2.45) is 0 Å². The largest absolute Gasteiger partial charge is 0.362 e. The van der Waals surface area contributed by atoms with E-state index < -0.39 is 0 Å². The highest BCUT2D eigenvalue weighted by Gasteiger charge is 2.12. The molecule has 0 aliphatic rings. The third-order valence-corrected chi connectivity index (χ3v) is 4.54. The first kappa shape index (κ1) is 21.6. The van der Waals surface area contributed by atoms with Crippen LogP contribution in [0, 0.1) is 0 Å². The maximum Gasteiger partial charge on any atom is 0.157 e. The molecule has 0 spiro atoms. The van der Waals surface area contributed by atoms with Crippen molar-refractivity contribution in [1.82, 2.24) is 15.2 Å². The first-order valence-corrected chi connectivity index (χ1v) is 8.76. The molecule has 0 radical (unpaired) electrons. The van der Waals surface area contributed by atoms with Crippen LogP contribution in [0.25, 0.3) is 10.8 Å². The SMILES string of the molecule is C[C@@H](Nc1nnc(Cc2ccncc2)c2ccccc12)c1ccccc1.Cl.Cl. The zero-order chi connectivity index (χ0) is 17.8. The van der Waals surface area contributed by atoms with Crippen molar-refractivity contribution in [3.8, 4) is 0 Å². The molecule has 4 aromatic rings. The van der Waals surface area contributed by atoms with Crippen LogP contribution in [0.4, 0.5) is 5.82 Å². The highest BCUT2D eigenvalue weighted by molar-refractivity contribution is 5.93. The molecular weight excluding hydrogens is 391 g/mol. The molecule has 144 valence electrons. The van der Waals surface area contributed by atoms with E-state index in [1.54, 1.807) is 0 Å². The van der Waals surface area contributed by atoms with E-state index in [0.717, 1.165) is 28.7 Å². The zero-order valence-corrected chi connectivity index (χ0v) is 17.1. The van der Waals surface area contributed by atoms with Crippen LogP contribution in [-0.2, 0) is 6.42 Å². The molecule has 0 unspecified atom stereocenters. The van der Waals surface area contributed by atoms with Gasteiger partial charge in [0.25, 0.3) is 0 Å². The van der Waals surface area contributed by atoms with Gasteiger partial charge in [-0.3, -0.25) is 4.98 Å². The maximum absolute atomic E-state index is 4.52. The highest BCUT2D eigenvalue weighted by Crippen LogP contribution is 2.27. The van der Waals surface area contributed by atoms with Crippen LogP contribution >= 0.6 is 24.8 Å². The summed E-state index contributed by atoms with van der Waals surface area (Å²) in [6, 6.07) is 22.8. The number of pyridine rings is 1. The number of nitrogens with one attached hydrogen (secondary N) is 1. The predicted molar refractivity (Wildman–Crippen MR) is 120 cm³/mol. The lowest BCUT2D eigenvalue weighted by Crippen LogP contribution is -2.10. The Morgan fingerprint density at radius 1 is 0.786 bits per heavy atom. The Morgan fingerprint density at radius 3 is 2.14 bits per heavy atom. The van der Waals surface area contributed by atoms with Gasteiger partial charge in [-0.05, 0) is 30.2 Å². The van der Waals surface area contributed by atoms with Gasteiger partial charge in [-0.15, -0.1) is 29.9 Å². The summed E-state index contributed by atoms with van der Waals surface area (Å²) < 4.78 is 0. The first-order valence-electron chi connectivity index (χ1n) is 8.76. The number of anilines is 1. The Labute approximate surface area is 177 Å². The van der Waals surface area contributed by atoms with Crippen molar-refractivity contribution in [2.75, 3.05) is 5.32 Å². The fourth-order valence-electron chi connectivity index (χ4n) is 3.12. The molecule has 0 saturated carbocycles. The van der Waals surface area contributed by atoms with Gasteiger partial charge in [0.05, 0.1) is 11.7 Å². The van der Waals surface area contributed by atoms with Crippen LogP contribution in [-0.4, -0.2) is 15.2 Å². The van der Waals surface area contributed by atoms with Gasteiger partial charge in [-0.2, -0.15) is 5.10 Å². The van der Waals surface area contributed by atoms with Gasteiger partial charge < -0.3 is 5.32 Å². The van der Waals surface area contributed by atoms with E-state index >= 15 is 0 Å². The molecule has 4 nitrogen and oxygen atoms in total. The molecule has 0 saturated heterocycles. The normalized spacial score (nSPS) is 11.2. The second kappa shape index (κ2) is 10.0. The lowest BCUT2D eigenvalue weighted by atomic mass is 10.0. The minimum absolute atomic E-state index is 0. The minimum atomic E-state index is 0. The van der Waals surface area contributed by atoms with Gasteiger partial charge in [0.15, 0.2) is 5.82 Å². The number of nitrogens with zero attached hydrogens (tertiary/aromatic N) is 3. The molecule has 0 bridgehead atoms. The van der Waals surface area contributed by atoms with Crippen LogP contribution in [0.3, 0.4) is 0 Å². The number of aromatic nitrogens is 3.